The average Bonchev–Trinajstić information content (AvgIpc) is 2.46. The molecule has 1 atom stereocenters. The molecular formula is C16H15ClO2S. The van der Waals surface area contributed by atoms with Crippen LogP contribution in [0.25, 0.3) is 11.1 Å². The highest BCUT2D eigenvalue weighted by Gasteiger charge is 2.22. The number of thioether (sulfide) groups is 1. The largest absolute Gasteiger partial charge is 0.480 e. The number of carboxylic acid groups (broad SMARTS) is 1. The Kier molecular flexibility index (Phi) is 5.10. The summed E-state index contributed by atoms with van der Waals surface area (Å²) in [6.07, 6.45) is 0. The summed E-state index contributed by atoms with van der Waals surface area (Å²) in [4.78, 5) is 11.3. The highest BCUT2D eigenvalue weighted by Crippen LogP contribution is 2.36. The molecule has 0 spiro atoms. The van der Waals surface area contributed by atoms with E-state index in [1.54, 1.807) is 0 Å². The molecule has 0 radical (unpaired) electrons. The van der Waals surface area contributed by atoms with Crippen LogP contribution in [0.3, 0.4) is 0 Å². The fourth-order valence-corrected chi connectivity index (χ4v) is 3.23. The fraction of sp³-hybridized carbons (Fsp3) is 0.188. The van der Waals surface area contributed by atoms with E-state index in [2.05, 4.69) is 0 Å². The standard InChI is InChI=1S/C16H15ClO2S/c1-2-20-15(16(18)19)13-9-8-12(10-14(13)17)11-6-4-3-5-7-11/h3-10,15H,2H2,1H3,(H,18,19). The van der Waals surface area contributed by atoms with Gasteiger partial charge >= 0.3 is 5.97 Å². The predicted octanol–water partition coefficient (Wildman–Crippen LogP) is 4.89. The number of aliphatic carboxylic acids is 1. The van der Waals surface area contributed by atoms with E-state index in [0.717, 1.165) is 16.9 Å². The summed E-state index contributed by atoms with van der Waals surface area (Å²) in [5.41, 5.74) is 2.71. The molecule has 2 rings (SSSR count). The van der Waals surface area contributed by atoms with Crippen LogP contribution in [-0.2, 0) is 4.79 Å². The second kappa shape index (κ2) is 6.82. The van der Waals surface area contributed by atoms with E-state index < -0.39 is 11.2 Å². The van der Waals surface area contributed by atoms with E-state index in [9.17, 15) is 9.90 Å². The van der Waals surface area contributed by atoms with Crippen LogP contribution in [-0.4, -0.2) is 16.8 Å². The van der Waals surface area contributed by atoms with Gasteiger partial charge in [0.2, 0.25) is 0 Å². The number of hydrogen-bond acceptors (Lipinski definition) is 2. The van der Waals surface area contributed by atoms with Gasteiger partial charge in [-0.3, -0.25) is 4.79 Å². The third-order valence-electron chi connectivity index (χ3n) is 2.95. The van der Waals surface area contributed by atoms with Gasteiger partial charge in [-0.2, -0.15) is 0 Å². The van der Waals surface area contributed by atoms with Crippen LogP contribution in [0.2, 0.25) is 5.02 Å². The maximum absolute atomic E-state index is 11.3. The van der Waals surface area contributed by atoms with E-state index in [0.29, 0.717) is 10.6 Å². The first-order valence-electron chi connectivity index (χ1n) is 6.32. The van der Waals surface area contributed by atoms with Crippen molar-refractivity contribution in [2.75, 3.05) is 5.75 Å². The second-order valence-electron chi connectivity index (χ2n) is 4.28. The van der Waals surface area contributed by atoms with Crippen molar-refractivity contribution in [1.82, 2.24) is 0 Å². The Hall–Kier alpha value is -1.45. The first-order valence-corrected chi connectivity index (χ1v) is 7.75. The lowest BCUT2D eigenvalue weighted by Gasteiger charge is -2.14. The minimum atomic E-state index is -0.855. The summed E-state index contributed by atoms with van der Waals surface area (Å²) >= 11 is 7.65. The zero-order chi connectivity index (χ0) is 14.5. The summed E-state index contributed by atoms with van der Waals surface area (Å²) in [6, 6.07) is 15.4. The molecule has 0 fully saturated rings. The lowest BCUT2D eigenvalue weighted by molar-refractivity contribution is -0.136. The summed E-state index contributed by atoms with van der Waals surface area (Å²) < 4.78 is 0. The SMILES string of the molecule is CCSC(C(=O)O)c1ccc(-c2ccccc2)cc1Cl. The molecule has 4 heteroatoms. The predicted molar refractivity (Wildman–Crippen MR) is 85.4 cm³/mol. The minimum Gasteiger partial charge on any atom is -0.480 e. The molecule has 2 aromatic carbocycles. The Morgan fingerprint density at radius 1 is 1.20 bits per heavy atom. The lowest BCUT2D eigenvalue weighted by atomic mass is 10.0. The number of rotatable bonds is 5. The summed E-state index contributed by atoms with van der Waals surface area (Å²) in [5, 5.41) is 9.18. The zero-order valence-electron chi connectivity index (χ0n) is 11.0. The van der Waals surface area contributed by atoms with Gasteiger partial charge in [0.1, 0.15) is 5.25 Å². The van der Waals surface area contributed by atoms with E-state index in [1.165, 1.54) is 11.8 Å². The van der Waals surface area contributed by atoms with Gasteiger partial charge in [-0.1, -0.05) is 61.0 Å². The van der Waals surface area contributed by atoms with E-state index >= 15 is 0 Å². The molecule has 0 aliphatic heterocycles. The van der Waals surface area contributed by atoms with Gasteiger partial charge in [-0.05, 0) is 28.5 Å². The number of benzene rings is 2. The van der Waals surface area contributed by atoms with Crippen LogP contribution in [0.15, 0.2) is 48.5 Å². The van der Waals surface area contributed by atoms with Crippen LogP contribution >= 0.6 is 23.4 Å². The summed E-state index contributed by atoms with van der Waals surface area (Å²) in [7, 11) is 0. The number of carbonyl (C=O) groups is 1. The van der Waals surface area contributed by atoms with Crippen LogP contribution in [0, 0.1) is 0 Å². The molecule has 2 nitrogen and oxygen atoms in total. The van der Waals surface area contributed by atoms with E-state index in [1.807, 2.05) is 55.5 Å². The molecule has 0 heterocycles. The first kappa shape index (κ1) is 14.9. The monoisotopic (exact) mass is 306 g/mol. The maximum Gasteiger partial charge on any atom is 0.321 e. The van der Waals surface area contributed by atoms with Crippen LogP contribution in [0.5, 0.6) is 0 Å². The van der Waals surface area contributed by atoms with Crippen molar-refractivity contribution in [3.63, 3.8) is 0 Å². The van der Waals surface area contributed by atoms with Crippen molar-refractivity contribution < 1.29 is 9.90 Å². The molecule has 0 aromatic heterocycles. The van der Waals surface area contributed by atoms with Crippen LogP contribution < -0.4 is 0 Å². The van der Waals surface area contributed by atoms with E-state index in [-0.39, 0.29) is 0 Å². The van der Waals surface area contributed by atoms with Gasteiger partial charge in [-0.15, -0.1) is 11.8 Å². The second-order valence-corrected chi connectivity index (χ2v) is 6.07. The van der Waals surface area contributed by atoms with Crippen molar-refractivity contribution in [2.24, 2.45) is 0 Å². The lowest BCUT2D eigenvalue weighted by Crippen LogP contribution is -2.09. The molecule has 104 valence electrons. The highest BCUT2D eigenvalue weighted by atomic mass is 35.5. The molecule has 0 saturated carbocycles. The summed E-state index contributed by atoms with van der Waals surface area (Å²) in [6.45, 7) is 1.94. The zero-order valence-corrected chi connectivity index (χ0v) is 12.6. The van der Waals surface area contributed by atoms with E-state index in [4.69, 9.17) is 11.6 Å². The Labute approximate surface area is 127 Å². The first-order chi connectivity index (χ1) is 9.63. The highest BCUT2D eigenvalue weighted by molar-refractivity contribution is 8.00. The van der Waals surface area contributed by atoms with Gasteiger partial charge in [0, 0.05) is 5.02 Å². The van der Waals surface area contributed by atoms with Gasteiger partial charge in [0.05, 0.1) is 0 Å². The fourth-order valence-electron chi connectivity index (χ4n) is 2.01. The topological polar surface area (TPSA) is 37.3 Å². The average molecular weight is 307 g/mol. The van der Waals surface area contributed by atoms with Crippen molar-refractivity contribution in [2.45, 2.75) is 12.2 Å². The van der Waals surface area contributed by atoms with Crippen molar-refractivity contribution in [3.8, 4) is 11.1 Å². The molecule has 1 N–H and O–H groups in total. The minimum absolute atomic E-state index is 0.500. The van der Waals surface area contributed by atoms with Gasteiger partial charge < -0.3 is 5.11 Å². The molecule has 0 bridgehead atoms. The number of halogens is 1. The van der Waals surface area contributed by atoms with Gasteiger partial charge in [0.15, 0.2) is 0 Å². The van der Waals surface area contributed by atoms with Gasteiger partial charge in [0.25, 0.3) is 0 Å². The maximum atomic E-state index is 11.3. The molecule has 0 amide bonds. The van der Waals surface area contributed by atoms with Crippen molar-refractivity contribution in [3.05, 3.63) is 59.1 Å². The van der Waals surface area contributed by atoms with Crippen LogP contribution in [0.1, 0.15) is 17.7 Å². The normalized spacial score (nSPS) is 12.1. The molecule has 0 saturated heterocycles. The molecule has 20 heavy (non-hydrogen) atoms. The molecular weight excluding hydrogens is 292 g/mol. The smallest absolute Gasteiger partial charge is 0.321 e. The Morgan fingerprint density at radius 3 is 2.45 bits per heavy atom. The summed E-state index contributed by atoms with van der Waals surface area (Å²) in [5.74, 6) is -0.125. The van der Waals surface area contributed by atoms with Crippen LogP contribution in [0.4, 0.5) is 0 Å². The third-order valence-corrected chi connectivity index (χ3v) is 4.40. The van der Waals surface area contributed by atoms with Crippen molar-refractivity contribution in [1.29, 1.82) is 0 Å². The van der Waals surface area contributed by atoms with Crippen molar-refractivity contribution >= 4 is 29.3 Å². The Bertz CT molecular complexity index is 599. The third kappa shape index (κ3) is 3.35. The Morgan fingerprint density at radius 2 is 1.90 bits per heavy atom. The molecule has 0 aliphatic carbocycles. The Balaban J connectivity index is 2.37. The molecule has 2 aromatic rings. The van der Waals surface area contributed by atoms with Gasteiger partial charge in [-0.25, -0.2) is 0 Å². The quantitative estimate of drug-likeness (QED) is 0.855. The molecule has 0 aliphatic rings. The number of hydrogen-bond donors (Lipinski definition) is 1. The number of carboxylic acids is 1. The molecule has 1 unspecified atom stereocenters.